The van der Waals surface area contributed by atoms with Gasteiger partial charge in [0.15, 0.2) is 11.5 Å². The van der Waals surface area contributed by atoms with Gasteiger partial charge in [-0.25, -0.2) is 4.79 Å². The lowest BCUT2D eigenvalue weighted by Gasteiger charge is -2.27. The third kappa shape index (κ3) is 3.63. The van der Waals surface area contributed by atoms with Crippen LogP contribution in [0, 0.1) is 10.1 Å². The Morgan fingerprint density at radius 1 is 1.32 bits per heavy atom. The fourth-order valence-electron chi connectivity index (χ4n) is 2.47. The number of hydrogen-bond donors (Lipinski definition) is 1. The molecule has 2 aromatic carbocycles. The molecule has 0 bridgehead atoms. The van der Waals surface area contributed by atoms with E-state index < -0.39 is 10.9 Å². The molecule has 0 saturated heterocycles. The molecule has 25 heavy (non-hydrogen) atoms. The number of para-hydroxylation sites is 2. The van der Waals surface area contributed by atoms with E-state index in [-0.39, 0.29) is 17.4 Å². The lowest BCUT2D eigenvalue weighted by molar-refractivity contribution is -0.384. The van der Waals surface area contributed by atoms with Crippen LogP contribution in [0.1, 0.15) is 10.4 Å². The molecular weight excluding hydrogens is 328 g/mol. The smallest absolute Gasteiger partial charge is 0.340 e. The minimum Gasteiger partial charge on any atom is -0.486 e. The number of methoxy groups -OCH3 is 1. The molecule has 0 amide bonds. The van der Waals surface area contributed by atoms with Crippen molar-refractivity contribution in [2.75, 3.05) is 25.6 Å². The highest BCUT2D eigenvalue weighted by atomic mass is 16.6. The highest BCUT2D eigenvalue weighted by Gasteiger charge is 2.22. The van der Waals surface area contributed by atoms with Gasteiger partial charge in [-0.1, -0.05) is 12.1 Å². The number of carbonyl (C=O) groups is 1. The Morgan fingerprint density at radius 3 is 2.80 bits per heavy atom. The molecule has 2 aromatic rings. The van der Waals surface area contributed by atoms with Gasteiger partial charge < -0.3 is 19.5 Å². The predicted octanol–water partition coefficient (Wildman–Crippen LogP) is 2.63. The summed E-state index contributed by atoms with van der Waals surface area (Å²) in [7, 11) is 1.22. The van der Waals surface area contributed by atoms with Crippen LogP contribution >= 0.6 is 0 Å². The van der Waals surface area contributed by atoms with Gasteiger partial charge in [0, 0.05) is 17.8 Å². The molecule has 0 spiro atoms. The molecule has 3 rings (SSSR count). The molecule has 1 atom stereocenters. The summed E-state index contributed by atoms with van der Waals surface area (Å²) in [5.74, 6) is 0.680. The van der Waals surface area contributed by atoms with Crippen molar-refractivity contribution in [3.8, 4) is 11.5 Å². The van der Waals surface area contributed by atoms with Crippen molar-refractivity contribution in [3.63, 3.8) is 0 Å². The van der Waals surface area contributed by atoms with Crippen LogP contribution in [-0.4, -0.2) is 37.3 Å². The molecule has 130 valence electrons. The predicted molar refractivity (Wildman–Crippen MR) is 89.3 cm³/mol. The molecule has 1 N–H and O–H groups in total. The number of fused-ring (bicyclic) bond motifs is 1. The largest absolute Gasteiger partial charge is 0.486 e. The number of ether oxygens (including phenoxy) is 3. The molecule has 0 fully saturated rings. The highest BCUT2D eigenvalue weighted by molar-refractivity contribution is 5.96. The van der Waals surface area contributed by atoms with E-state index >= 15 is 0 Å². The Kier molecular flexibility index (Phi) is 4.69. The van der Waals surface area contributed by atoms with E-state index in [1.807, 2.05) is 24.3 Å². The molecule has 0 saturated carbocycles. The second-order valence-corrected chi connectivity index (χ2v) is 5.36. The first-order chi connectivity index (χ1) is 12.1. The standard InChI is InChI=1S/C17H16N2O6/c1-23-17(20)13-8-11(19(21)22)6-7-14(13)18-9-12-10-24-15-4-2-3-5-16(15)25-12/h2-8,12,18H,9-10H2,1H3. The maximum Gasteiger partial charge on any atom is 0.340 e. The molecule has 1 unspecified atom stereocenters. The van der Waals surface area contributed by atoms with Gasteiger partial charge in [-0.15, -0.1) is 0 Å². The molecule has 0 radical (unpaired) electrons. The number of rotatable bonds is 5. The maximum atomic E-state index is 11.9. The third-order valence-corrected chi connectivity index (χ3v) is 3.71. The van der Waals surface area contributed by atoms with Crippen molar-refractivity contribution in [1.29, 1.82) is 0 Å². The van der Waals surface area contributed by atoms with Crippen molar-refractivity contribution in [1.82, 2.24) is 0 Å². The first kappa shape index (κ1) is 16.6. The van der Waals surface area contributed by atoms with Crippen LogP contribution in [0.25, 0.3) is 0 Å². The molecule has 0 aliphatic carbocycles. The van der Waals surface area contributed by atoms with Crippen LogP contribution < -0.4 is 14.8 Å². The van der Waals surface area contributed by atoms with Crippen LogP contribution in [0.3, 0.4) is 0 Å². The Bertz CT molecular complexity index is 807. The van der Waals surface area contributed by atoms with Crippen LogP contribution in [0.4, 0.5) is 11.4 Å². The van der Waals surface area contributed by atoms with E-state index in [4.69, 9.17) is 14.2 Å². The summed E-state index contributed by atoms with van der Waals surface area (Å²) in [6, 6.07) is 11.3. The van der Waals surface area contributed by atoms with Gasteiger partial charge in [-0.2, -0.15) is 0 Å². The second kappa shape index (κ2) is 7.08. The van der Waals surface area contributed by atoms with Crippen LogP contribution in [0.2, 0.25) is 0 Å². The normalized spacial score (nSPS) is 15.3. The molecule has 8 nitrogen and oxygen atoms in total. The van der Waals surface area contributed by atoms with Crippen molar-refractivity contribution >= 4 is 17.3 Å². The zero-order chi connectivity index (χ0) is 17.8. The summed E-state index contributed by atoms with van der Waals surface area (Å²) in [6.45, 7) is 0.709. The molecular formula is C17H16N2O6. The van der Waals surface area contributed by atoms with E-state index in [0.717, 1.165) is 0 Å². The van der Waals surface area contributed by atoms with Gasteiger partial charge >= 0.3 is 5.97 Å². The fourth-order valence-corrected chi connectivity index (χ4v) is 2.47. The number of hydrogen-bond acceptors (Lipinski definition) is 7. The second-order valence-electron chi connectivity index (χ2n) is 5.36. The summed E-state index contributed by atoms with van der Waals surface area (Å²) in [5, 5.41) is 14.0. The lowest BCUT2D eigenvalue weighted by atomic mass is 10.1. The molecule has 1 aliphatic rings. The number of esters is 1. The van der Waals surface area contributed by atoms with Gasteiger partial charge in [-0.3, -0.25) is 10.1 Å². The number of non-ortho nitro benzene ring substituents is 1. The summed E-state index contributed by atoms with van der Waals surface area (Å²) < 4.78 is 16.2. The van der Waals surface area contributed by atoms with E-state index in [1.54, 1.807) is 0 Å². The summed E-state index contributed by atoms with van der Waals surface area (Å²) in [4.78, 5) is 22.2. The number of benzene rings is 2. The number of nitrogens with zero attached hydrogens (tertiary/aromatic N) is 1. The summed E-state index contributed by atoms with van der Waals surface area (Å²) >= 11 is 0. The Morgan fingerprint density at radius 2 is 2.08 bits per heavy atom. The minimum atomic E-state index is -0.655. The first-order valence-corrected chi connectivity index (χ1v) is 7.57. The molecule has 0 aromatic heterocycles. The minimum absolute atomic E-state index is 0.0915. The first-order valence-electron chi connectivity index (χ1n) is 7.57. The molecule has 1 heterocycles. The van der Waals surface area contributed by atoms with Crippen molar-refractivity contribution in [2.45, 2.75) is 6.10 Å². The van der Waals surface area contributed by atoms with Crippen LogP contribution in [-0.2, 0) is 4.74 Å². The topological polar surface area (TPSA) is 99.9 Å². The van der Waals surface area contributed by atoms with Gasteiger partial charge in [0.25, 0.3) is 5.69 Å². The number of nitro benzene ring substituents is 1. The Balaban J connectivity index is 1.73. The van der Waals surface area contributed by atoms with E-state index in [9.17, 15) is 14.9 Å². The van der Waals surface area contributed by atoms with E-state index in [2.05, 4.69) is 5.32 Å². The number of carbonyl (C=O) groups excluding carboxylic acids is 1. The fraction of sp³-hybridized carbons (Fsp3) is 0.235. The molecule has 1 aliphatic heterocycles. The van der Waals surface area contributed by atoms with Gasteiger partial charge in [0.05, 0.1) is 24.1 Å². The van der Waals surface area contributed by atoms with Crippen LogP contribution in [0.15, 0.2) is 42.5 Å². The number of nitro groups is 1. The highest BCUT2D eigenvalue weighted by Crippen LogP contribution is 2.31. The van der Waals surface area contributed by atoms with Crippen molar-refractivity contribution in [2.24, 2.45) is 0 Å². The zero-order valence-corrected chi connectivity index (χ0v) is 13.4. The molecule has 8 heteroatoms. The zero-order valence-electron chi connectivity index (χ0n) is 13.4. The Labute approximate surface area is 143 Å². The Hall–Kier alpha value is -3.29. The van der Waals surface area contributed by atoms with Gasteiger partial charge in [0.1, 0.15) is 12.7 Å². The van der Waals surface area contributed by atoms with Crippen LogP contribution in [0.5, 0.6) is 11.5 Å². The SMILES string of the molecule is COC(=O)c1cc([N+](=O)[O-])ccc1NCC1COc2ccccc2O1. The summed E-state index contributed by atoms with van der Waals surface area (Å²) in [6.07, 6.45) is -0.268. The maximum absolute atomic E-state index is 11.9. The van der Waals surface area contributed by atoms with Gasteiger partial charge in [0.2, 0.25) is 0 Å². The number of nitrogens with one attached hydrogen (secondary N) is 1. The third-order valence-electron chi connectivity index (χ3n) is 3.71. The average Bonchev–Trinajstić information content (AvgIpc) is 2.65. The quantitative estimate of drug-likeness (QED) is 0.505. The van der Waals surface area contributed by atoms with E-state index in [1.165, 1.54) is 25.3 Å². The lowest BCUT2D eigenvalue weighted by Crippen LogP contribution is -2.35. The van der Waals surface area contributed by atoms with Crippen molar-refractivity contribution in [3.05, 3.63) is 58.1 Å². The van der Waals surface area contributed by atoms with Crippen molar-refractivity contribution < 1.29 is 23.9 Å². The van der Waals surface area contributed by atoms with Gasteiger partial charge in [-0.05, 0) is 18.2 Å². The summed E-state index contributed by atoms with van der Waals surface area (Å²) in [5.41, 5.74) is 0.339. The average molecular weight is 344 g/mol. The van der Waals surface area contributed by atoms with E-state index in [0.29, 0.717) is 30.3 Å². The number of anilines is 1. The monoisotopic (exact) mass is 344 g/mol.